The van der Waals surface area contributed by atoms with Gasteiger partial charge in [-0.15, -0.1) is 0 Å². The minimum Gasteiger partial charge on any atom is -0.237 e. The molecule has 1 atom stereocenters. The third kappa shape index (κ3) is 3.13. The molecule has 0 fully saturated rings. The molecule has 0 saturated heterocycles. The Morgan fingerprint density at radius 3 is 2.50 bits per heavy atom. The molecule has 3 nitrogen and oxygen atoms in total. The van der Waals surface area contributed by atoms with E-state index in [1.807, 2.05) is 19.9 Å². The molecule has 0 radical (unpaired) electrons. The third-order valence-electron chi connectivity index (χ3n) is 3.38. The lowest BCUT2D eigenvalue weighted by atomic mass is 9.87. The lowest BCUT2D eigenvalue weighted by Gasteiger charge is -2.18. The van der Waals surface area contributed by atoms with Crippen LogP contribution in [0.2, 0.25) is 0 Å². The first-order valence-electron chi connectivity index (χ1n) is 6.64. The molecule has 0 aliphatic heterocycles. The highest BCUT2D eigenvalue weighted by molar-refractivity contribution is 5.76. The van der Waals surface area contributed by atoms with Gasteiger partial charge in [0.05, 0.1) is 17.3 Å². The van der Waals surface area contributed by atoms with Crippen molar-refractivity contribution in [1.29, 1.82) is 10.5 Å². The monoisotopic (exact) mass is 265 g/mol. The molecule has 0 saturated carbocycles. The van der Waals surface area contributed by atoms with Crippen LogP contribution in [-0.4, -0.2) is 4.98 Å². The van der Waals surface area contributed by atoms with E-state index in [0.717, 1.165) is 28.8 Å². The van der Waals surface area contributed by atoms with Gasteiger partial charge in [-0.1, -0.05) is 26.5 Å². The van der Waals surface area contributed by atoms with Gasteiger partial charge in [0.1, 0.15) is 11.8 Å². The van der Waals surface area contributed by atoms with E-state index in [9.17, 15) is 5.26 Å². The Balaban J connectivity index is 3.68. The summed E-state index contributed by atoms with van der Waals surface area (Å²) in [5.41, 5.74) is 4.25. The molecule has 0 aromatic carbocycles. The highest BCUT2D eigenvalue weighted by Gasteiger charge is 2.19. The molecule has 1 rings (SSSR count). The number of aryl methyl sites for hydroxylation is 1. The Labute approximate surface area is 120 Å². The predicted octanol–water partition coefficient (Wildman–Crippen LogP) is 4.16. The lowest BCUT2D eigenvalue weighted by Crippen LogP contribution is -2.06. The van der Waals surface area contributed by atoms with E-state index < -0.39 is 0 Å². The van der Waals surface area contributed by atoms with Crippen LogP contribution in [0, 0.1) is 35.5 Å². The molecule has 1 aromatic heterocycles. The average Bonchev–Trinajstić information content (AvgIpc) is 2.44. The minimum atomic E-state index is 0.182. The molecule has 102 valence electrons. The highest BCUT2D eigenvalue weighted by atomic mass is 14.7. The van der Waals surface area contributed by atoms with Gasteiger partial charge in [0.15, 0.2) is 0 Å². The van der Waals surface area contributed by atoms with Crippen LogP contribution in [0.3, 0.4) is 0 Å². The number of nitrogens with zero attached hydrogens (tertiary/aromatic N) is 3. The second-order valence-corrected chi connectivity index (χ2v) is 4.96. The molecule has 1 heterocycles. The molecule has 3 heteroatoms. The van der Waals surface area contributed by atoms with Crippen LogP contribution in [0.4, 0.5) is 0 Å². The first kappa shape index (κ1) is 15.7. The molecule has 20 heavy (non-hydrogen) atoms. The second-order valence-electron chi connectivity index (χ2n) is 4.96. The average molecular weight is 265 g/mol. The number of rotatable bonds is 4. The SMILES string of the molecule is C=C(C)/C(C#N)=C(\c1nc(C#N)ccc1C)C(C)CC. The summed E-state index contributed by atoms with van der Waals surface area (Å²) in [6.45, 7) is 11.8. The van der Waals surface area contributed by atoms with Gasteiger partial charge in [-0.2, -0.15) is 10.5 Å². The Bertz CT molecular complexity index is 639. The quantitative estimate of drug-likeness (QED) is 0.606. The van der Waals surface area contributed by atoms with Crippen LogP contribution >= 0.6 is 0 Å². The van der Waals surface area contributed by atoms with Gasteiger partial charge < -0.3 is 0 Å². The topological polar surface area (TPSA) is 60.5 Å². The Kier molecular flexibility index (Phi) is 5.23. The van der Waals surface area contributed by atoms with Crippen LogP contribution in [0.25, 0.3) is 5.57 Å². The molecule has 1 unspecified atom stereocenters. The van der Waals surface area contributed by atoms with Crippen LogP contribution in [-0.2, 0) is 0 Å². The summed E-state index contributed by atoms with van der Waals surface area (Å²) in [6.07, 6.45) is 0.895. The van der Waals surface area contributed by atoms with E-state index in [2.05, 4.69) is 37.5 Å². The maximum absolute atomic E-state index is 9.43. The Morgan fingerprint density at radius 2 is 2.05 bits per heavy atom. The summed E-state index contributed by atoms with van der Waals surface area (Å²) in [6, 6.07) is 7.86. The van der Waals surface area contributed by atoms with Gasteiger partial charge in [-0.25, -0.2) is 4.98 Å². The normalized spacial score (nSPS) is 12.9. The molecule has 0 bridgehead atoms. The van der Waals surface area contributed by atoms with Crippen molar-refractivity contribution in [3.05, 3.63) is 46.8 Å². The summed E-state index contributed by atoms with van der Waals surface area (Å²) in [4.78, 5) is 4.40. The number of aromatic nitrogens is 1. The molecular weight excluding hydrogens is 246 g/mol. The fourth-order valence-corrected chi connectivity index (χ4v) is 2.05. The third-order valence-corrected chi connectivity index (χ3v) is 3.38. The van der Waals surface area contributed by atoms with Crippen molar-refractivity contribution >= 4 is 5.57 Å². The zero-order chi connectivity index (χ0) is 15.3. The summed E-state index contributed by atoms with van der Waals surface area (Å²) in [7, 11) is 0. The minimum absolute atomic E-state index is 0.182. The fourth-order valence-electron chi connectivity index (χ4n) is 2.05. The maximum atomic E-state index is 9.43. The summed E-state index contributed by atoms with van der Waals surface area (Å²) < 4.78 is 0. The molecule has 1 aromatic rings. The Morgan fingerprint density at radius 1 is 1.40 bits per heavy atom. The largest absolute Gasteiger partial charge is 0.237 e. The van der Waals surface area contributed by atoms with Gasteiger partial charge in [0.25, 0.3) is 0 Å². The van der Waals surface area contributed by atoms with Gasteiger partial charge in [-0.05, 0) is 49.0 Å². The molecule has 0 aliphatic carbocycles. The second kappa shape index (κ2) is 6.68. The van der Waals surface area contributed by atoms with Crippen molar-refractivity contribution < 1.29 is 0 Å². The van der Waals surface area contributed by atoms with Crippen molar-refractivity contribution in [3.63, 3.8) is 0 Å². The van der Waals surface area contributed by atoms with Crippen LogP contribution < -0.4 is 0 Å². The van der Waals surface area contributed by atoms with Crippen molar-refractivity contribution in [2.75, 3.05) is 0 Å². The van der Waals surface area contributed by atoms with E-state index in [4.69, 9.17) is 5.26 Å². The standard InChI is InChI=1S/C17H19N3/c1-6-12(4)16(15(10-19)11(2)3)17-13(5)7-8-14(9-18)20-17/h7-8,12H,2,6H2,1,3-5H3/b16-15-. The maximum Gasteiger partial charge on any atom is 0.141 e. The number of hydrogen-bond donors (Lipinski definition) is 0. The van der Waals surface area contributed by atoms with E-state index in [1.54, 1.807) is 6.07 Å². The summed E-state index contributed by atoms with van der Waals surface area (Å²) >= 11 is 0. The number of allylic oxidation sites excluding steroid dienone is 3. The van der Waals surface area contributed by atoms with Gasteiger partial charge >= 0.3 is 0 Å². The summed E-state index contributed by atoms with van der Waals surface area (Å²) in [5, 5.41) is 18.5. The van der Waals surface area contributed by atoms with E-state index in [-0.39, 0.29) is 5.92 Å². The summed E-state index contributed by atoms with van der Waals surface area (Å²) in [5.74, 6) is 0.182. The Hall–Kier alpha value is -2.39. The van der Waals surface area contributed by atoms with Crippen LogP contribution in [0.5, 0.6) is 0 Å². The van der Waals surface area contributed by atoms with Gasteiger partial charge in [-0.3, -0.25) is 0 Å². The van der Waals surface area contributed by atoms with Gasteiger partial charge in [0, 0.05) is 0 Å². The van der Waals surface area contributed by atoms with Crippen molar-refractivity contribution in [1.82, 2.24) is 4.98 Å². The van der Waals surface area contributed by atoms with Gasteiger partial charge in [0.2, 0.25) is 0 Å². The van der Waals surface area contributed by atoms with Crippen LogP contribution in [0.15, 0.2) is 29.9 Å². The smallest absolute Gasteiger partial charge is 0.141 e. The molecule has 0 amide bonds. The van der Waals surface area contributed by atoms with Crippen molar-refractivity contribution in [2.45, 2.75) is 34.1 Å². The van der Waals surface area contributed by atoms with Crippen molar-refractivity contribution in [2.24, 2.45) is 5.92 Å². The molecule has 0 spiro atoms. The van der Waals surface area contributed by atoms with Crippen LogP contribution in [0.1, 0.15) is 44.1 Å². The lowest BCUT2D eigenvalue weighted by molar-refractivity contribution is 0.711. The number of hydrogen-bond acceptors (Lipinski definition) is 3. The number of pyridine rings is 1. The highest BCUT2D eigenvalue weighted by Crippen LogP contribution is 2.32. The fraction of sp³-hybridized carbons (Fsp3) is 0.353. The first-order valence-corrected chi connectivity index (χ1v) is 6.64. The van der Waals surface area contributed by atoms with E-state index >= 15 is 0 Å². The zero-order valence-electron chi connectivity index (χ0n) is 12.5. The molecule has 0 aliphatic rings. The zero-order valence-corrected chi connectivity index (χ0v) is 12.5. The van der Waals surface area contributed by atoms with E-state index in [1.165, 1.54) is 0 Å². The van der Waals surface area contributed by atoms with Crippen molar-refractivity contribution in [3.8, 4) is 12.1 Å². The number of nitriles is 2. The molecule has 0 N–H and O–H groups in total. The van der Waals surface area contributed by atoms with E-state index in [0.29, 0.717) is 11.3 Å². The predicted molar refractivity (Wildman–Crippen MR) is 80.5 cm³/mol. The molecular formula is C17H19N3. The first-order chi connectivity index (χ1) is 9.46.